The van der Waals surface area contributed by atoms with E-state index >= 15 is 0 Å². The second-order valence-corrected chi connectivity index (χ2v) is 9.69. The molecule has 0 aromatic heterocycles. The lowest BCUT2D eigenvalue weighted by Gasteiger charge is -2.09. The molecule has 0 fully saturated rings. The number of aryl methyl sites for hydroxylation is 2. The van der Waals surface area contributed by atoms with Gasteiger partial charge in [0.1, 0.15) is 11.5 Å². The Balaban J connectivity index is 1.65. The van der Waals surface area contributed by atoms with Crippen LogP contribution in [0.1, 0.15) is 102 Å². The molecule has 0 radical (unpaired) electrons. The molecular formula is C28H43O3P. The van der Waals surface area contributed by atoms with Gasteiger partial charge in [0.15, 0.2) is 0 Å². The van der Waals surface area contributed by atoms with E-state index in [4.69, 9.17) is 9.05 Å². The van der Waals surface area contributed by atoms with Gasteiger partial charge in [-0.2, -0.15) is 0 Å². The smallest absolute Gasteiger partial charge is 0.418 e. The van der Waals surface area contributed by atoms with Crippen molar-refractivity contribution in [1.82, 2.24) is 0 Å². The van der Waals surface area contributed by atoms with Gasteiger partial charge in [-0.25, -0.2) is 4.57 Å². The summed E-state index contributed by atoms with van der Waals surface area (Å²) < 4.78 is 23.3. The van der Waals surface area contributed by atoms with Gasteiger partial charge in [-0.05, 0) is 61.1 Å². The summed E-state index contributed by atoms with van der Waals surface area (Å²) >= 11 is 0. The monoisotopic (exact) mass is 458 g/mol. The van der Waals surface area contributed by atoms with Crippen molar-refractivity contribution in [1.29, 1.82) is 0 Å². The van der Waals surface area contributed by atoms with Crippen LogP contribution in [0.4, 0.5) is 0 Å². The van der Waals surface area contributed by atoms with Crippen LogP contribution in [-0.4, -0.2) is 0 Å². The lowest BCUT2D eigenvalue weighted by atomic mass is 10.1. The number of rotatable bonds is 18. The maximum absolute atomic E-state index is 12.3. The Morgan fingerprint density at radius 2 is 0.875 bits per heavy atom. The molecule has 0 aliphatic heterocycles. The van der Waals surface area contributed by atoms with E-state index in [0.717, 1.165) is 12.8 Å². The fourth-order valence-corrected chi connectivity index (χ4v) is 4.58. The Labute approximate surface area is 196 Å². The van der Waals surface area contributed by atoms with Crippen molar-refractivity contribution in [3.8, 4) is 11.5 Å². The predicted octanol–water partition coefficient (Wildman–Crippen LogP) is 9.34. The van der Waals surface area contributed by atoms with Crippen molar-refractivity contribution in [3.05, 3.63) is 59.7 Å². The zero-order valence-electron chi connectivity index (χ0n) is 20.2. The van der Waals surface area contributed by atoms with Crippen LogP contribution in [0.15, 0.2) is 48.5 Å². The van der Waals surface area contributed by atoms with Gasteiger partial charge in [0, 0.05) is 0 Å². The maximum atomic E-state index is 12.3. The van der Waals surface area contributed by atoms with E-state index in [9.17, 15) is 4.57 Å². The van der Waals surface area contributed by atoms with E-state index < -0.39 is 8.25 Å². The summed E-state index contributed by atoms with van der Waals surface area (Å²) in [6.45, 7) is 4.49. The van der Waals surface area contributed by atoms with Crippen molar-refractivity contribution in [2.45, 2.75) is 104 Å². The molecule has 0 bridgehead atoms. The van der Waals surface area contributed by atoms with Gasteiger partial charge < -0.3 is 9.05 Å². The highest BCUT2D eigenvalue weighted by molar-refractivity contribution is 7.34. The topological polar surface area (TPSA) is 35.5 Å². The lowest BCUT2D eigenvalue weighted by Crippen LogP contribution is -1.91. The summed E-state index contributed by atoms with van der Waals surface area (Å²) in [6.07, 6.45) is 17.8. The summed E-state index contributed by atoms with van der Waals surface area (Å²) in [5, 5.41) is 0. The molecule has 0 aliphatic carbocycles. The van der Waals surface area contributed by atoms with Gasteiger partial charge in [0.2, 0.25) is 0 Å². The number of hydrogen-bond acceptors (Lipinski definition) is 3. The average Bonchev–Trinajstić information content (AvgIpc) is 2.80. The first-order valence-electron chi connectivity index (χ1n) is 12.8. The van der Waals surface area contributed by atoms with Crippen LogP contribution in [0, 0.1) is 0 Å². The molecule has 0 atom stereocenters. The highest BCUT2D eigenvalue weighted by atomic mass is 31.1. The van der Waals surface area contributed by atoms with Crippen molar-refractivity contribution >= 4 is 8.25 Å². The highest BCUT2D eigenvalue weighted by Gasteiger charge is 2.05. The molecule has 2 aromatic rings. The van der Waals surface area contributed by atoms with Gasteiger partial charge in [-0.1, -0.05) is 102 Å². The summed E-state index contributed by atoms with van der Waals surface area (Å²) in [5.74, 6) is 1.19. The normalized spacial score (nSPS) is 11.1. The molecule has 0 spiro atoms. The second-order valence-electron chi connectivity index (χ2n) is 8.78. The fraction of sp³-hybridized carbons (Fsp3) is 0.571. The predicted molar refractivity (Wildman–Crippen MR) is 137 cm³/mol. The summed E-state index contributed by atoms with van der Waals surface area (Å²) in [7, 11) is -2.63. The largest absolute Gasteiger partial charge is 0.418 e. The maximum Gasteiger partial charge on any atom is 0.418 e. The quantitative estimate of drug-likeness (QED) is 0.165. The molecule has 178 valence electrons. The van der Waals surface area contributed by atoms with Crippen LogP contribution in [0.25, 0.3) is 0 Å². The van der Waals surface area contributed by atoms with E-state index in [0.29, 0.717) is 11.5 Å². The average molecular weight is 459 g/mol. The number of hydrogen-bond donors (Lipinski definition) is 0. The van der Waals surface area contributed by atoms with Crippen LogP contribution in [0.3, 0.4) is 0 Å². The van der Waals surface area contributed by atoms with Crippen LogP contribution in [0.2, 0.25) is 0 Å². The van der Waals surface area contributed by atoms with Gasteiger partial charge in [-0.3, -0.25) is 0 Å². The molecule has 0 N–H and O–H groups in total. The zero-order chi connectivity index (χ0) is 22.9. The highest BCUT2D eigenvalue weighted by Crippen LogP contribution is 2.31. The van der Waals surface area contributed by atoms with E-state index in [1.165, 1.54) is 88.2 Å². The zero-order valence-corrected chi connectivity index (χ0v) is 21.2. The van der Waals surface area contributed by atoms with Crippen molar-refractivity contribution < 1.29 is 13.6 Å². The van der Waals surface area contributed by atoms with Gasteiger partial charge in [0.05, 0.1) is 0 Å². The number of unbranched alkanes of at least 4 members (excludes halogenated alkanes) is 10. The minimum atomic E-state index is -2.63. The van der Waals surface area contributed by atoms with E-state index in [1.807, 2.05) is 24.3 Å². The Hall–Kier alpha value is -1.73. The first-order valence-corrected chi connectivity index (χ1v) is 14.0. The van der Waals surface area contributed by atoms with Gasteiger partial charge in [0.25, 0.3) is 0 Å². The van der Waals surface area contributed by atoms with Gasteiger partial charge >= 0.3 is 8.25 Å². The molecule has 0 unspecified atom stereocenters. The van der Waals surface area contributed by atoms with Crippen LogP contribution < -0.4 is 9.05 Å². The van der Waals surface area contributed by atoms with Crippen LogP contribution in [-0.2, 0) is 17.4 Å². The van der Waals surface area contributed by atoms with Crippen molar-refractivity contribution in [2.24, 2.45) is 0 Å². The Bertz CT molecular complexity index is 677. The molecule has 0 amide bonds. The SMILES string of the molecule is CCCCCCCCc1ccc(O[PH](=O)Oc2ccc(CCCCCCCC)cc2)cc1. The van der Waals surface area contributed by atoms with Crippen LogP contribution >= 0.6 is 8.25 Å². The first-order chi connectivity index (χ1) is 15.7. The third kappa shape index (κ3) is 11.8. The van der Waals surface area contributed by atoms with Crippen LogP contribution in [0.5, 0.6) is 11.5 Å². The Morgan fingerprint density at radius 1 is 0.531 bits per heavy atom. The molecular weight excluding hydrogens is 415 g/mol. The summed E-state index contributed by atoms with van der Waals surface area (Å²) in [4.78, 5) is 0. The molecule has 0 saturated carbocycles. The summed E-state index contributed by atoms with van der Waals surface area (Å²) in [6, 6.07) is 15.8. The summed E-state index contributed by atoms with van der Waals surface area (Å²) in [5.41, 5.74) is 2.60. The van der Waals surface area contributed by atoms with E-state index in [1.54, 1.807) is 0 Å². The molecule has 0 saturated heterocycles. The van der Waals surface area contributed by atoms with E-state index in [2.05, 4.69) is 38.1 Å². The Kier molecular flexibility index (Phi) is 14.0. The Morgan fingerprint density at radius 3 is 1.25 bits per heavy atom. The van der Waals surface area contributed by atoms with Crippen molar-refractivity contribution in [3.63, 3.8) is 0 Å². The fourth-order valence-electron chi connectivity index (χ4n) is 3.88. The number of benzene rings is 2. The molecule has 2 rings (SSSR count). The third-order valence-electron chi connectivity index (χ3n) is 5.89. The van der Waals surface area contributed by atoms with E-state index in [-0.39, 0.29) is 0 Å². The lowest BCUT2D eigenvalue weighted by molar-refractivity contribution is 0.415. The first kappa shape index (κ1) is 26.5. The molecule has 32 heavy (non-hydrogen) atoms. The van der Waals surface area contributed by atoms with Crippen molar-refractivity contribution in [2.75, 3.05) is 0 Å². The third-order valence-corrected chi connectivity index (χ3v) is 6.69. The molecule has 4 heteroatoms. The molecule has 2 aromatic carbocycles. The molecule has 0 aliphatic rings. The van der Waals surface area contributed by atoms with Gasteiger partial charge in [-0.15, -0.1) is 0 Å². The second kappa shape index (κ2) is 16.8. The minimum Gasteiger partial charge on any atom is -0.418 e. The molecule has 0 heterocycles. The minimum absolute atomic E-state index is 0.597. The molecule has 3 nitrogen and oxygen atoms in total. The standard InChI is InChI=1S/C28H43O3P/c1-3-5-7-9-11-13-15-25-17-21-27(22-18-25)30-32(29)31-28-23-19-26(20-24-28)16-14-12-10-8-6-4-2/h17-24,32H,3-16H2,1-2H3.